The van der Waals surface area contributed by atoms with Crippen LogP contribution in [0.5, 0.6) is 0 Å². The van der Waals surface area contributed by atoms with Crippen LogP contribution in [-0.2, 0) is 9.59 Å². The average Bonchev–Trinajstić information content (AvgIpc) is 3.01. The number of nitrogens with one attached hydrogen (secondary N) is 3. The van der Waals surface area contributed by atoms with E-state index in [1.165, 1.54) is 0 Å². The van der Waals surface area contributed by atoms with E-state index >= 15 is 0 Å². The second-order valence-electron chi connectivity index (χ2n) is 7.99. The molecule has 0 saturated carbocycles. The molecule has 2 aromatic rings. The van der Waals surface area contributed by atoms with Crippen LogP contribution < -0.4 is 21.7 Å². The zero-order valence-corrected chi connectivity index (χ0v) is 16.9. The van der Waals surface area contributed by atoms with Gasteiger partial charge in [0.1, 0.15) is 0 Å². The van der Waals surface area contributed by atoms with E-state index in [2.05, 4.69) is 16.0 Å². The summed E-state index contributed by atoms with van der Waals surface area (Å²) in [6, 6.07) is 19.7. The summed E-state index contributed by atoms with van der Waals surface area (Å²) in [4.78, 5) is 24.8. The standard InChI is InChI=1S/C24H26N4O2/c1-16(25)12-13-24(28-18-10-6-3-7-11-18)15-20-19(22(29)27-23(20)30)14-21(24)26-17-8-4-2-5-9-17/h2-11,14,16,26,28H,12-13,15,25H2,1H3,(H,27,29,30). The molecular weight excluding hydrogens is 376 g/mol. The molecule has 6 heteroatoms. The van der Waals surface area contributed by atoms with Crippen LogP contribution in [0.2, 0.25) is 0 Å². The van der Waals surface area contributed by atoms with Gasteiger partial charge in [-0.25, -0.2) is 0 Å². The molecule has 2 aromatic carbocycles. The number of hydrogen-bond acceptors (Lipinski definition) is 5. The maximum atomic E-state index is 12.5. The first-order valence-corrected chi connectivity index (χ1v) is 10.2. The normalized spacial score (nSPS) is 21.6. The molecule has 154 valence electrons. The molecule has 6 nitrogen and oxygen atoms in total. The summed E-state index contributed by atoms with van der Waals surface area (Å²) in [6.45, 7) is 1.98. The first kappa shape index (κ1) is 19.9. The van der Waals surface area contributed by atoms with Crippen molar-refractivity contribution in [2.24, 2.45) is 5.73 Å². The number of carbonyl (C=O) groups excluding carboxylic acids is 2. The maximum absolute atomic E-state index is 12.5. The smallest absolute Gasteiger partial charge is 0.258 e. The van der Waals surface area contributed by atoms with Crippen LogP contribution in [0.4, 0.5) is 11.4 Å². The molecule has 2 amide bonds. The number of para-hydroxylation sites is 2. The third-order valence-electron chi connectivity index (χ3n) is 5.59. The Morgan fingerprint density at radius 3 is 2.27 bits per heavy atom. The Bertz CT molecular complexity index is 1010. The van der Waals surface area contributed by atoms with Crippen molar-refractivity contribution in [2.75, 3.05) is 10.6 Å². The van der Waals surface area contributed by atoms with Gasteiger partial charge in [0.05, 0.1) is 11.1 Å². The van der Waals surface area contributed by atoms with Crippen LogP contribution in [-0.4, -0.2) is 23.4 Å². The Labute approximate surface area is 176 Å². The highest BCUT2D eigenvalue weighted by atomic mass is 16.2. The number of carbonyl (C=O) groups is 2. The van der Waals surface area contributed by atoms with Gasteiger partial charge in [0.15, 0.2) is 0 Å². The minimum absolute atomic E-state index is 0.00633. The molecule has 1 aliphatic carbocycles. The minimum Gasteiger partial charge on any atom is -0.374 e. The summed E-state index contributed by atoms with van der Waals surface area (Å²) in [5.41, 5.74) is 9.16. The van der Waals surface area contributed by atoms with Gasteiger partial charge in [0.25, 0.3) is 11.8 Å². The molecule has 1 aliphatic heterocycles. The van der Waals surface area contributed by atoms with Crippen molar-refractivity contribution in [1.82, 2.24) is 5.32 Å². The molecule has 0 aromatic heterocycles. The summed E-state index contributed by atoms with van der Waals surface area (Å²) < 4.78 is 0. The lowest BCUT2D eigenvalue weighted by molar-refractivity contribution is -0.124. The van der Waals surface area contributed by atoms with Crippen LogP contribution in [0.15, 0.2) is 83.6 Å². The van der Waals surface area contributed by atoms with Crippen molar-refractivity contribution in [2.45, 2.75) is 37.8 Å². The number of nitrogens with two attached hydrogens (primary N) is 1. The van der Waals surface area contributed by atoms with E-state index < -0.39 is 5.54 Å². The van der Waals surface area contributed by atoms with Gasteiger partial charge in [-0.05, 0) is 50.1 Å². The van der Waals surface area contributed by atoms with Crippen LogP contribution in [0.3, 0.4) is 0 Å². The second kappa shape index (κ2) is 8.16. The van der Waals surface area contributed by atoms with Gasteiger partial charge >= 0.3 is 0 Å². The molecule has 30 heavy (non-hydrogen) atoms. The molecule has 1 heterocycles. The van der Waals surface area contributed by atoms with Crippen LogP contribution in [0.1, 0.15) is 26.2 Å². The van der Waals surface area contributed by atoms with Crippen molar-refractivity contribution < 1.29 is 9.59 Å². The van der Waals surface area contributed by atoms with E-state index in [0.717, 1.165) is 23.5 Å². The highest BCUT2D eigenvalue weighted by Gasteiger charge is 2.44. The van der Waals surface area contributed by atoms with E-state index in [-0.39, 0.29) is 17.9 Å². The molecule has 0 fully saturated rings. The second-order valence-corrected chi connectivity index (χ2v) is 7.99. The zero-order chi connectivity index (χ0) is 21.1. The van der Waals surface area contributed by atoms with Crippen LogP contribution >= 0.6 is 0 Å². The lowest BCUT2D eigenvalue weighted by Gasteiger charge is -2.41. The van der Waals surface area contributed by atoms with Crippen molar-refractivity contribution in [3.05, 3.63) is 83.6 Å². The summed E-state index contributed by atoms with van der Waals surface area (Å²) >= 11 is 0. The first-order valence-electron chi connectivity index (χ1n) is 10.2. The lowest BCUT2D eigenvalue weighted by Crippen LogP contribution is -2.46. The highest BCUT2D eigenvalue weighted by Crippen LogP contribution is 2.41. The van der Waals surface area contributed by atoms with Crippen molar-refractivity contribution >= 4 is 23.2 Å². The highest BCUT2D eigenvalue weighted by molar-refractivity contribution is 6.21. The average molecular weight is 402 g/mol. The Balaban J connectivity index is 1.79. The van der Waals surface area contributed by atoms with Gasteiger partial charge in [-0.3, -0.25) is 14.9 Å². The molecule has 0 radical (unpaired) electrons. The van der Waals surface area contributed by atoms with Gasteiger partial charge < -0.3 is 16.4 Å². The lowest BCUT2D eigenvalue weighted by atomic mass is 9.76. The topological polar surface area (TPSA) is 96.2 Å². The van der Waals surface area contributed by atoms with Gasteiger partial charge in [-0.15, -0.1) is 0 Å². The van der Waals surface area contributed by atoms with Gasteiger partial charge in [0.2, 0.25) is 0 Å². The number of hydrogen-bond donors (Lipinski definition) is 4. The van der Waals surface area contributed by atoms with Gasteiger partial charge in [-0.1, -0.05) is 36.4 Å². The maximum Gasteiger partial charge on any atom is 0.258 e. The quantitative estimate of drug-likeness (QED) is 0.533. The number of imide groups is 1. The van der Waals surface area contributed by atoms with E-state index in [9.17, 15) is 9.59 Å². The predicted octanol–water partition coefficient (Wildman–Crippen LogP) is 3.32. The van der Waals surface area contributed by atoms with Gasteiger partial charge in [0, 0.05) is 35.1 Å². The van der Waals surface area contributed by atoms with Crippen molar-refractivity contribution in [3.63, 3.8) is 0 Å². The Hall–Kier alpha value is -3.38. The summed E-state index contributed by atoms with van der Waals surface area (Å²) in [5.74, 6) is -0.659. The molecule has 2 unspecified atom stereocenters. The summed E-state index contributed by atoms with van der Waals surface area (Å²) in [6.07, 6.45) is 3.66. The molecular formula is C24H26N4O2. The van der Waals surface area contributed by atoms with Crippen LogP contribution in [0.25, 0.3) is 0 Å². The molecule has 0 spiro atoms. The minimum atomic E-state index is -0.606. The number of amides is 2. The molecule has 0 saturated heterocycles. The molecule has 2 aliphatic rings. The Morgan fingerprint density at radius 1 is 1.00 bits per heavy atom. The molecule has 5 N–H and O–H groups in total. The van der Waals surface area contributed by atoms with Crippen LogP contribution in [0, 0.1) is 0 Å². The van der Waals surface area contributed by atoms with E-state index in [1.54, 1.807) is 0 Å². The summed E-state index contributed by atoms with van der Waals surface area (Å²) in [7, 11) is 0. The summed E-state index contributed by atoms with van der Waals surface area (Å²) in [5, 5.41) is 9.59. The fourth-order valence-corrected chi connectivity index (χ4v) is 4.01. The predicted molar refractivity (Wildman–Crippen MR) is 119 cm³/mol. The van der Waals surface area contributed by atoms with Crippen molar-refractivity contribution in [3.8, 4) is 0 Å². The number of benzene rings is 2. The largest absolute Gasteiger partial charge is 0.374 e. The first-order chi connectivity index (χ1) is 14.5. The van der Waals surface area contributed by atoms with E-state index in [1.807, 2.05) is 73.7 Å². The SMILES string of the molecule is CC(N)CCC1(Nc2ccccc2)CC2=C(C=C1Nc1ccccc1)C(=O)NC2=O. The number of rotatable bonds is 7. The zero-order valence-electron chi connectivity index (χ0n) is 16.9. The number of anilines is 2. The Morgan fingerprint density at radius 2 is 1.63 bits per heavy atom. The van der Waals surface area contributed by atoms with E-state index in [0.29, 0.717) is 24.0 Å². The third kappa shape index (κ3) is 4.00. The fourth-order valence-electron chi connectivity index (χ4n) is 4.01. The molecule has 2 atom stereocenters. The van der Waals surface area contributed by atoms with E-state index in [4.69, 9.17) is 5.73 Å². The monoisotopic (exact) mass is 402 g/mol. The molecule has 0 bridgehead atoms. The fraction of sp³-hybridized carbons (Fsp3) is 0.250. The Kier molecular flexibility index (Phi) is 5.42. The third-order valence-corrected chi connectivity index (χ3v) is 5.59. The molecule has 4 rings (SSSR count). The van der Waals surface area contributed by atoms with Crippen molar-refractivity contribution in [1.29, 1.82) is 0 Å². The van der Waals surface area contributed by atoms with Gasteiger partial charge in [-0.2, -0.15) is 0 Å².